The molecule has 2 fully saturated rings. The Morgan fingerprint density at radius 1 is 0.583 bits per heavy atom. The van der Waals surface area contributed by atoms with Crippen molar-refractivity contribution >= 4 is 35.1 Å². The third-order valence-electron chi connectivity index (χ3n) is 13.4. The second kappa shape index (κ2) is 23.8. The zero-order chi connectivity index (χ0) is 50.7. The van der Waals surface area contributed by atoms with Crippen LogP contribution >= 0.6 is 23.2 Å². The number of piperidine rings is 2. The van der Waals surface area contributed by atoms with Crippen LogP contribution < -0.4 is 18.9 Å². The Morgan fingerprint density at radius 3 is 1.40 bits per heavy atom. The number of carboxylic acid groups (broad SMARTS) is 2. The predicted molar refractivity (Wildman–Crippen MR) is 271 cm³/mol. The van der Waals surface area contributed by atoms with Gasteiger partial charge in [0.25, 0.3) is 0 Å². The topological polar surface area (TPSA) is 191 Å². The van der Waals surface area contributed by atoms with Crippen LogP contribution in [-0.4, -0.2) is 67.1 Å². The molecule has 2 aliphatic rings. The first-order valence-corrected chi connectivity index (χ1v) is 24.6. The Labute approximate surface area is 428 Å². The molecule has 72 heavy (non-hydrogen) atoms. The maximum absolute atomic E-state index is 12.2. The number of hydrogen-bond donors (Lipinski definition) is 2. The standard InChI is InChI=1S/C56H54Cl2N6O8/c1-35-41(33-71-53-21-51(69-31-39-17-37(23-59)25-61-27-39)43(19-47(53)57)29-63-15-5-3-13-49(63)55(65)66)9-7-11-45(35)46-12-8-10-42(36(46)2)34-72-54-22-52(70-32-40-18-38(24-60)26-62-28-40)44(20-48(54)58)30-64-16-6-4-14-50(64)56(67)68/h7-12,17-22,25-28,49-50H,3-6,13-16,29-34H2,1-2H3,(H,65,66)(H,67,68). The Morgan fingerprint density at radius 2 is 1.00 bits per heavy atom. The average molecular weight is 1010 g/mol. The molecule has 6 aromatic rings. The van der Waals surface area contributed by atoms with Gasteiger partial charge < -0.3 is 29.2 Å². The molecular formula is C56H54Cl2N6O8. The molecule has 8 rings (SSSR count). The van der Waals surface area contributed by atoms with Crippen LogP contribution in [0.25, 0.3) is 11.1 Å². The van der Waals surface area contributed by atoms with Crippen molar-refractivity contribution in [3.8, 4) is 46.3 Å². The fourth-order valence-corrected chi connectivity index (χ4v) is 9.88. The maximum Gasteiger partial charge on any atom is 0.320 e. The Balaban J connectivity index is 1.01. The Kier molecular flexibility index (Phi) is 16.9. The Bertz CT molecular complexity index is 2840. The highest BCUT2D eigenvalue weighted by Crippen LogP contribution is 2.39. The summed E-state index contributed by atoms with van der Waals surface area (Å²) in [5.41, 5.74) is 9.55. The number of rotatable bonds is 19. The van der Waals surface area contributed by atoms with Crippen LogP contribution in [-0.2, 0) is 49.1 Å². The summed E-state index contributed by atoms with van der Waals surface area (Å²) >= 11 is 13.9. The number of carboxylic acids is 2. The van der Waals surface area contributed by atoms with Crippen molar-refractivity contribution in [2.24, 2.45) is 0 Å². The van der Waals surface area contributed by atoms with E-state index in [1.54, 1.807) is 48.8 Å². The zero-order valence-corrected chi connectivity index (χ0v) is 41.6. The van der Waals surface area contributed by atoms with E-state index in [9.17, 15) is 30.3 Å². The fourth-order valence-electron chi connectivity index (χ4n) is 9.40. The van der Waals surface area contributed by atoms with E-state index >= 15 is 0 Å². The summed E-state index contributed by atoms with van der Waals surface area (Å²) in [6.07, 6.45) is 10.8. The summed E-state index contributed by atoms with van der Waals surface area (Å²) in [5.74, 6) is 0.0453. The van der Waals surface area contributed by atoms with Crippen molar-refractivity contribution in [1.29, 1.82) is 10.5 Å². The molecule has 16 heteroatoms. The van der Waals surface area contributed by atoms with Crippen molar-refractivity contribution in [2.45, 2.75) is 104 Å². The normalized spacial score (nSPS) is 16.0. The molecule has 4 heterocycles. The number of aromatic nitrogens is 2. The quantitative estimate of drug-likeness (QED) is 0.0779. The molecule has 0 saturated carbocycles. The van der Waals surface area contributed by atoms with E-state index in [0.717, 1.165) is 70.2 Å². The van der Waals surface area contributed by atoms with Crippen molar-refractivity contribution in [2.75, 3.05) is 13.1 Å². The SMILES string of the molecule is Cc1c(COc2cc(OCc3cncc(C#N)c3)c(CN3CCCCC3C(=O)O)cc2Cl)cccc1-c1cccc(COc2cc(OCc3cncc(C#N)c3)c(CN3CCCCC3C(=O)O)cc2Cl)c1C. The van der Waals surface area contributed by atoms with Gasteiger partial charge in [-0.3, -0.25) is 29.4 Å². The lowest BCUT2D eigenvalue weighted by Gasteiger charge is -2.33. The average Bonchev–Trinajstić information content (AvgIpc) is 3.38. The van der Waals surface area contributed by atoms with Gasteiger partial charge in [-0.25, -0.2) is 0 Å². The van der Waals surface area contributed by atoms with Crippen LogP contribution in [0.5, 0.6) is 23.0 Å². The minimum Gasteiger partial charge on any atom is -0.488 e. The number of halogens is 2. The summed E-state index contributed by atoms with van der Waals surface area (Å²) in [7, 11) is 0. The number of benzene rings is 4. The van der Waals surface area contributed by atoms with E-state index in [4.69, 9.17) is 42.1 Å². The highest BCUT2D eigenvalue weighted by atomic mass is 35.5. The summed E-state index contributed by atoms with van der Waals surface area (Å²) in [5, 5.41) is 39.6. The van der Waals surface area contributed by atoms with Crippen LogP contribution in [0.4, 0.5) is 0 Å². The molecular weight excluding hydrogens is 956 g/mol. The highest BCUT2D eigenvalue weighted by molar-refractivity contribution is 6.32. The molecule has 0 amide bonds. The van der Waals surface area contributed by atoms with Crippen LogP contribution in [0, 0.1) is 36.5 Å². The summed E-state index contributed by atoms with van der Waals surface area (Å²) < 4.78 is 25.6. The smallest absolute Gasteiger partial charge is 0.320 e. The first kappa shape index (κ1) is 51.2. The number of ether oxygens (including phenoxy) is 4. The molecule has 2 N–H and O–H groups in total. The molecule has 0 aliphatic carbocycles. The van der Waals surface area contributed by atoms with Crippen molar-refractivity contribution in [3.05, 3.63) is 163 Å². The van der Waals surface area contributed by atoms with E-state index in [1.165, 1.54) is 12.4 Å². The Hall–Kier alpha value is -7.20. The first-order valence-electron chi connectivity index (χ1n) is 23.8. The molecule has 0 radical (unpaired) electrons. The summed E-state index contributed by atoms with van der Waals surface area (Å²) in [6, 6.07) is 25.6. The monoisotopic (exact) mass is 1010 g/mol. The van der Waals surface area contributed by atoms with Crippen LogP contribution in [0.2, 0.25) is 10.0 Å². The zero-order valence-electron chi connectivity index (χ0n) is 40.1. The second-order valence-electron chi connectivity index (χ2n) is 18.1. The van der Waals surface area contributed by atoms with E-state index in [1.807, 2.05) is 34.1 Å². The molecule has 2 saturated heterocycles. The molecule has 2 aromatic heterocycles. The summed E-state index contributed by atoms with van der Waals surface area (Å²) in [4.78, 5) is 36.6. The number of likely N-dealkylation sites (tertiary alicyclic amines) is 2. The van der Waals surface area contributed by atoms with Crippen molar-refractivity contribution in [1.82, 2.24) is 19.8 Å². The number of nitriles is 2. The van der Waals surface area contributed by atoms with E-state index in [0.29, 0.717) is 94.3 Å². The minimum atomic E-state index is -0.860. The van der Waals surface area contributed by atoms with Gasteiger partial charge in [0.1, 0.15) is 73.6 Å². The lowest BCUT2D eigenvalue weighted by molar-refractivity contribution is -0.145. The van der Waals surface area contributed by atoms with Gasteiger partial charge in [-0.05, 0) is 110 Å². The number of nitrogens with zero attached hydrogens (tertiary/aromatic N) is 6. The van der Waals surface area contributed by atoms with E-state index < -0.39 is 24.0 Å². The first-order chi connectivity index (χ1) is 34.9. The van der Waals surface area contributed by atoms with Gasteiger partial charge in [0.2, 0.25) is 0 Å². The number of hydrogen-bond acceptors (Lipinski definition) is 12. The van der Waals surface area contributed by atoms with Gasteiger partial charge in [0.15, 0.2) is 0 Å². The van der Waals surface area contributed by atoms with Gasteiger partial charge in [-0.15, -0.1) is 0 Å². The van der Waals surface area contributed by atoms with Crippen LogP contribution in [0.3, 0.4) is 0 Å². The predicted octanol–water partition coefficient (Wildman–Crippen LogP) is 11.0. The molecule has 0 bridgehead atoms. The van der Waals surface area contributed by atoms with E-state index in [2.05, 4.69) is 48.1 Å². The fraction of sp³-hybridized carbons (Fsp3) is 0.321. The second-order valence-corrected chi connectivity index (χ2v) is 19.0. The van der Waals surface area contributed by atoms with Gasteiger partial charge in [0, 0.05) is 72.3 Å². The van der Waals surface area contributed by atoms with Gasteiger partial charge >= 0.3 is 11.9 Å². The lowest BCUT2D eigenvalue weighted by Crippen LogP contribution is -2.44. The minimum absolute atomic E-state index is 0.117. The van der Waals surface area contributed by atoms with Crippen molar-refractivity contribution in [3.63, 3.8) is 0 Å². The molecule has 4 aromatic carbocycles. The molecule has 2 atom stereocenters. The van der Waals surface area contributed by atoms with Gasteiger partial charge in [0.05, 0.1) is 21.2 Å². The molecule has 2 aliphatic heterocycles. The largest absolute Gasteiger partial charge is 0.488 e. The molecule has 2 unspecified atom stereocenters. The number of aliphatic carboxylic acids is 2. The molecule has 370 valence electrons. The van der Waals surface area contributed by atoms with Crippen molar-refractivity contribution < 1.29 is 38.7 Å². The summed E-state index contributed by atoms with van der Waals surface area (Å²) in [6.45, 7) is 6.60. The third-order valence-corrected chi connectivity index (χ3v) is 14.0. The van der Waals surface area contributed by atoms with E-state index in [-0.39, 0.29) is 26.4 Å². The lowest BCUT2D eigenvalue weighted by atomic mass is 9.92. The number of carbonyl (C=O) groups is 2. The van der Waals surface area contributed by atoms with Crippen LogP contribution in [0.15, 0.2) is 97.6 Å². The maximum atomic E-state index is 12.2. The highest BCUT2D eigenvalue weighted by Gasteiger charge is 2.31. The van der Waals surface area contributed by atoms with Gasteiger partial charge in [-0.1, -0.05) is 72.4 Å². The van der Waals surface area contributed by atoms with Crippen LogP contribution in [0.1, 0.15) is 94.2 Å². The molecule has 14 nitrogen and oxygen atoms in total. The molecule has 0 spiro atoms. The van der Waals surface area contributed by atoms with Gasteiger partial charge in [-0.2, -0.15) is 10.5 Å². The number of pyridine rings is 2. The third kappa shape index (κ3) is 12.4.